The van der Waals surface area contributed by atoms with Crippen LogP contribution in [0.3, 0.4) is 0 Å². The van der Waals surface area contributed by atoms with Crippen LogP contribution in [0.1, 0.15) is 21.5 Å². The molecule has 1 N–H and O–H groups in total. The number of alkyl halides is 3. The molecule has 0 bridgehead atoms. The molecule has 4 aromatic rings. The third kappa shape index (κ3) is 4.92. The van der Waals surface area contributed by atoms with Gasteiger partial charge in [0.2, 0.25) is 0 Å². The third-order valence-corrected chi connectivity index (χ3v) is 4.93. The summed E-state index contributed by atoms with van der Waals surface area (Å²) in [6.45, 7) is 0.274. The monoisotopic (exact) mass is 459 g/mol. The molecule has 170 valence electrons. The molecule has 0 fully saturated rings. The van der Waals surface area contributed by atoms with Crippen LogP contribution < -0.4 is 10.9 Å². The number of nitrogens with one attached hydrogen (secondary N) is 1. The van der Waals surface area contributed by atoms with Crippen LogP contribution in [0.15, 0.2) is 65.8 Å². The average Bonchev–Trinajstić information content (AvgIpc) is 3.19. The van der Waals surface area contributed by atoms with E-state index in [-0.39, 0.29) is 36.2 Å². The van der Waals surface area contributed by atoms with Crippen molar-refractivity contribution in [2.75, 3.05) is 6.54 Å². The largest absolute Gasteiger partial charge is 0.416 e. The standard InChI is InChI=1S/C22H17F4N5O2/c23-17-6-2-4-15(10-17)20(32)27-7-8-31-19-18(11-29-31)21(33)30(13-28-19)12-14-3-1-5-16(9-14)22(24,25)26/h1-6,9-11,13H,7-8,12H2,(H,27,32). The maximum Gasteiger partial charge on any atom is 0.416 e. The van der Waals surface area contributed by atoms with Gasteiger partial charge in [0, 0.05) is 12.1 Å². The normalized spacial score (nSPS) is 11.6. The fourth-order valence-electron chi connectivity index (χ4n) is 3.32. The highest BCUT2D eigenvalue weighted by Crippen LogP contribution is 2.29. The number of carbonyl (C=O) groups is 1. The highest BCUT2D eigenvalue weighted by Gasteiger charge is 2.30. The van der Waals surface area contributed by atoms with Gasteiger partial charge in [0.05, 0.1) is 24.8 Å². The van der Waals surface area contributed by atoms with Gasteiger partial charge in [-0.25, -0.2) is 14.1 Å². The zero-order valence-corrected chi connectivity index (χ0v) is 17.0. The molecule has 0 aliphatic heterocycles. The molecule has 7 nitrogen and oxygen atoms in total. The molecule has 11 heteroatoms. The lowest BCUT2D eigenvalue weighted by atomic mass is 10.1. The number of hydrogen-bond donors (Lipinski definition) is 1. The van der Waals surface area contributed by atoms with Gasteiger partial charge in [-0.05, 0) is 35.9 Å². The van der Waals surface area contributed by atoms with E-state index in [1.807, 2.05) is 0 Å². The summed E-state index contributed by atoms with van der Waals surface area (Å²) in [4.78, 5) is 29.1. The van der Waals surface area contributed by atoms with Crippen molar-refractivity contribution < 1.29 is 22.4 Å². The van der Waals surface area contributed by atoms with Gasteiger partial charge >= 0.3 is 6.18 Å². The van der Waals surface area contributed by atoms with Gasteiger partial charge < -0.3 is 5.32 Å². The summed E-state index contributed by atoms with van der Waals surface area (Å²) in [7, 11) is 0. The molecule has 4 rings (SSSR count). The molecule has 0 aliphatic carbocycles. The van der Waals surface area contributed by atoms with E-state index in [2.05, 4.69) is 15.4 Å². The second kappa shape index (κ2) is 8.85. The van der Waals surface area contributed by atoms with Crippen molar-refractivity contribution >= 4 is 16.9 Å². The first-order valence-corrected chi connectivity index (χ1v) is 9.83. The maximum atomic E-state index is 13.2. The van der Waals surface area contributed by atoms with Crippen LogP contribution >= 0.6 is 0 Å². The van der Waals surface area contributed by atoms with Crippen LogP contribution in [0.2, 0.25) is 0 Å². The van der Waals surface area contributed by atoms with E-state index in [0.29, 0.717) is 5.56 Å². The number of hydrogen-bond acceptors (Lipinski definition) is 4. The van der Waals surface area contributed by atoms with E-state index in [1.165, 1.54) is 52.1 Å². The summed E-state index contributed by atoms with van der Waals surface area (Å²) < 4.78 is 54.7. The summed E-state index contributed by atoms with van der Waals surface area (Å²) in [5.74, 6) is -0.978. The molecule has 0 unspecified atom stereocenters. The summed E-state index contributed by atoms with van der Waals surface area (Å²) >= 11 is 0. The van der Waals surface area contributed by atoms with Crippen LogP contribution in [0, 0.1) is 5.82 Å². The molecule has 0 aliphatic rings. The van der Waals surface area contributed by atoms with Gasteiger partial charge in [-0.1, -0.05) is 18.2 Å². The Hall–Kier alpha value is -4.02. The SMILES string of the molecule is O=C(NCCn1ncc2c(=O)n(Cc3cccc(C(F)(F)F)c3)cnc21)c1cccc(F)c1. The Morgan fingerprint density at radius 3 is 2.64 bits per heavy atom. The smallest absolute Gasteiger partial charge is 0.350 e. The van der Waals surface area contributed by atoms with Crippen LogP contribution in [0.25, 0.3) is 11.0 Å². The van der Waals surface area contributed by atoms with Crippen molar-refractivity contribution in [3.8, 4) is 0 Å². The van der Waals surface area contributed by atoms with E-state index in [0.717, 1.165) is 18.2 Å². The predicted molar refractivity (Wildman–Crippen MR) is 111 cm³/mol. The Labute approximate surface area is 184 Å². The van der Waals surface area contributed by atoms with Crippen LogP contribution in [0.4, 0.5) is 17.6 Å². The first-order chi connectivity index (χ1) is 15.7. The highest BCUT2D eigenvalue weighted by molar-refractivity contribution is 5.94. The molecule has 0 atom stereocenters. The number of amides is 1. The molecule has 2 aromatic carbocycles. The van der Waals surface area contributed by atoms with E-state index >= 15 is 0 Å². The van der Waals surface area contributed by atoms with Gasteiger partial charge in [0.15, 0.2) is 5.65 Å². The number of fused-ring (bicyclic) bond motifs is 1. The van der Waals surface area contributed by atoms with Crippen LogP contribution in [-0.2, 0) is 19.3 Å². The van der Waals surface area contributed by atoms with Crippen molar-refractivity contribution in [1.82, 2.24) is 24.6 Å². The van der Waals surface area contributed by atoms with E-state index in [1.54, 1.807) is 0 Å². The van der Waals surface area contributed by atoms with Gasteiger partial charge in [-0.15, -0.1) is 0 Å². The molecule has 2 aromatic heterocycles. The van der Waals surface area contributed by atoms with E-state index in [4.69, 9.17) is 0 Å². The molecular weight excluding hydrogens is 442 g/mol. The lowest BCUT2D eigenvalue weighted by Crippen LogP contribution is -2.28. The van der Waals surface area contributed by atoms with E-state index in [9.17, 15) is 27.2 Å². The zero-order valence-electron chi connectivity index (χ0n) is 17.0. The van der Waals surface area contributed by atoms with Gasteiger partial charge in [-0.3, -0.25) is 14.2 Å². The van der Waals surface area contributed by atoms with E-state index < -0.39 is 29.0 Å². The topological polar surface area (TPSA) is 81.8 Å². The van der Waals surface area contributed by atoms with Crippen molar-refractivity contribution in [2.45, 2.75) is 19.3 Å². The van der Waals surface area contributed by atoms with Crippen molar-refractivity contribution in [3.05, 3.63) is 93.9 Å². The molecule has 2 heterocycles. The summed E-state index contributed by atoms with van der Waals surface area (Å²) in [5, 5.41) is 6.95. The second-order valence-electron chi connectivity index (χ2n) is 7.25. The van der Waals surface area contributed by atoms with Crippen molar-refractivity contribution in [1.29, 1.82) is 0 Å². The van der Waals surface area contributed by atoms with Crippen molar-refractivity contribution in [3.63, 3.8) is 0 Å². The number of aromatic nitrogens is 4. The quantitative estimate of drug-likeness (QED) is 0.449. The summed E-state index contributed by atoms with van der Waals surface area (Å²) in [6, 6.07) is 10.00. The minimum atomic E-state index is -4.48. The minimum Gasteiger partial charge on any atom is -0.350 e. The average molecular weight is 459 g/mol. The number of nitrogens with zero attached hydrogens (tertiary/aromatic N) is 4. The van der Waals surface area contributed by atoms with Crippen LogP contribution in [0.5, 0.6) is 0 Å². The Morgan fingerprint density at radius 1 is 1.09 bits per heavy atom. The van der Waals surface area contributed by atoms with Gasteiger partial charge in [-0.2, -0.15) is 18.3 Å². The fourth-order valence-corrected chi connectivity index (χ4v) is 3.32. The first kappa shape index (κ1) is 22.2. The predicted octanol–water partition coefficient (Wildman–Crippen LogP) is 3.23. The van der Waals surface area contributed by atoms with Crippen molar-refractivity contribution in [2.24, 2.45) is 0 Å². The number of carbonyl (C=O) groups excluding carboxylic acids is 1. The van der Waals surface area contributed by atoms with Gasteiger partial charge in [0.25, 0.3) is 11.5 Å². The molecule has 1 amide bonds. The first-order valence-electron chi connectivity index (χ1n) is 9.83. The maximum absolute atomic E-state index is 13.2. The second-order valence-corrected chi connectivity index (χ2v) is 7.25. The Kier molecular flexibility index (Phi) is 5.95. The number of halogens is 4. The summed E-state index contributed by atoms with van der Waals surface area (Å²) in [6.07, 6.45) is -1.91. The zero-order chi connectivity index (χ0) is 23.6. The lowest BCUT2D eigenvalue weighted by Gasteiger charge is -2.10. The third-order valence-electron chi connectivity index (χ3n) is 4.93. The Morgan fingerprint density at radius 2 is 1.88 bits per heavy atom. The molecule has 0 saturated carbocycles. The fraction of sp³-hybridized carbons (Fsp3) is 0.182. The molecule has 0 saturated heterocycles. The molecule has 0 radical (unpaired) electrons. The number of benzene rings is 2. The highest BCUT2D eigenvalue weighted by atomic mass is 19.4. The van der Waals surface area contributed by atoms with Crippen LogP contribution in [-0.4, -0.2) is 31.8 Å². The minimum absolute atomic E-state index is 0.0828. The molecule has 0 spiro atoms. The Balaban J connectivity index is 1.47. The lowest BCUT2D eigenvalue weighted by molar-refractivity contribution is -0.137. The Bertz CT molecular complexity index is 1380. The molecular formula is C22H17F4N5O2. The molecule has 33 heavy (non-hydrogen) atoms. The van der Waals surface area contributed by atoms with Gasteiger partial charge in [0.1, 0.15) is 17.5 Å². The summed E-state index contributed by atoms with van der Waals surface area (Å²) in [5.41, 5.74) is -0.487. The number of rotatable bonds is 6.